The van der Waals surface area contributed by atoms with Crippen LogP contribution in [0.25, 0.3) is 0 Å². The van der Waals surface area contributed by atoms with E-state index in [9.17, 15) is 17.2 Å². The Balaban J connectivity index is 2.16. The summed E-state index contributed by atoms with van der Waals surface area (Å²) in [6, 6.07) is 0. The Morgan fingerprint density at radius 3 is 2.38 bits per heavy atom. The maximum Gasteiger partial charge on any atom is 0.264 e. The van der Waals surface area contributed by atoms with Crippen LogP contribution in [0.2, 0.25) is 0 Å². The molecule has 1 aliphatic carbocycles. The SMILES string of the molecule is CS(=O)(=O)OCC1CC(C(F)F)C1. The van der Waals surface area contributed by atoms with Gasteiger partial charge in [-0.25, -0.2) is 8.78 Å². The van der Waals surface area contributed by atoms with Crippen LogP contribution < -0.4 is 0 Å². The number of hydrogen-bond donors (Lipinski definition) is 0. The zero-order chi connectivity index (χ0) is 10.1. The average molecular weight is 214 g/mol. The van der Waals surface area contributed by atoms with Crippen molar-refractivity contribution in [3.8, 4) is 0 Å². The van der Waals surface area contributed by atoms with Crippen LogP contribution in [0.3, 0.4) is 0 Å². The van der Waals surface area contributed by atoms with Crippen LogP contribution in [0.1, 0.15) is 12.8 Å². The molecule has 0 heterocycles. The average Bonchev–Trinajstić information content (AvgIpc) is 1.79. The van der Waals surface area contributed by atoms with Gasteiger partial charge in [-0.3, -0.25) is 4.18 Å². The summed E-state index contributed by atoms with van der Waals surface area (Å²) in [5.41, 5.74) is 0. The number of halogens is 2. The fourth-order valence-corrected chi connectivity index (χ4v) is 1.79. The molecule has 0 N–H and O–H groups in total. The molecule has 0 bridgehead atoms. The quantitative estimate of drug-likeness (QED) is 0.661. The van der Waals surface area contributed by atoms with Crippen LogP contribution in [-0.2, 0) is 14.3 Å². The van der Waals surface area contributed by atoms with Crippen LogP contribution in [-0.4, -0.2) is 27.7 Å². The molecule has 13 heavy (non-hydrogen) atoms. The van der Waals surface area contributed by atoms with Gasteiger partial charge < -0.3 is 0 Å². The molecular formula is C7H12F2O3S. The van der Waals surface area contributed by atoms with Crippen LogP contribution in [0.15, 0.2) is 0 Å². The molecule has 0 unspecified atom stereocenters. The Bertz CT molecular complexity index is 257. The Labute approximate surface area is 76.2 Å². The molecule has 78 valence electrons. The third-order valence-corrected chi connectivity index (χ3v) is 2.71. The van der Waals surface area contributed by atoms with Crippen LogP contribution in [0.5, 0.6) is 0 Å². The van der Waals surface area contributed by atoms with E-state index >= 15 is 0 Å². The molecule has 0 amide bonds. The molecule has 0 spiro atoms. The first-order valence-electron chi connectivity index (χ1n) is 4.01. The van der Waals surface area contributed by atoms with Crippen molar-refractivity contribution in [1.82, 2.24) is 0 Å². The monoisotopic (exact) mass is 214 g/mol. The standard InChI is InChI=1S/C7H12F2O3S/c1-13(10,11)12-4-5-2-6(3-5)7(8)9/h5-7H,2-4H2,1H3. The van der Waals surface area contributed by atoms with Gasteiger partial charge in [0.05, 0.1) is 12.9 Å². The normalized spacial score (nSPS) is 28.9. The summed E-state index contributed by atoms with van der Waals surface area (Å²) in [5, 5.41) is 0. The van der Waals surface area contributed by atoms with Gasteiger partial charge in [0.15, 0.2) is 0 Å². The topological polar surface area (TPSA) is 43.4 Å². The first-order valence-corrected chi connectivity index (χ1v) is 5.82. The van der Waals surface area contributed by atoms with Crippen molar-refractivity contribution in [2.45, 2.75) is 19.3 Å². The van der Waals surface area contributed by atoms with Crippen molar-refractivity contribution in [2.24, 2.45) is 11.8 Å². The summed E-state index contributed by atoms with van der Waals surface area (Å²) in [7, 11) is -3.42. The number of rotatable bonds is 4. The van der Waals surface area contributed by atoms with E-state index in [0.29, 0.717) is 12.8 Å². The van der Waals surface area contributed by atoms with Gasteiger partial charge in [0, 0.05) is 5.92 Å². The zero-order valence-corrected chi connectivity index (χ0v) is 8.06. The van der Waals surface area contributed by atoms with E-state index in [2.05, 4.69) is 4.18 Å². The maximum atomic E-state index is 12.0. The van der Waals surface area contributed by atoms with Gasteiger partial charge in [-0.1, -0.05) is 0 Å². The van der Waals surface area contributed by atoms with Crippen molar-refractivity contribution in [2.75, 3.05) is 12.9 Å². The minimum absolute atomic E-state index is 0.0197. The van der Waals surface area contributed by atoms with Crippen molar-refractivity contribution in [3.63, 3.8) is 0 Å². The van der Waals surface area contributed by atoms with Crippen LogP contribution in [0, 0.1) is 11.8 Å². The minimum atomic E-state index is -3.42. The van der Waals surface area contributed by atoms with Crippen molar-refractivity contribution in [1.29, 1.82) is 0 Å². The molecule has 0 saturated heterocycles. The number of alkyl halides is 2. The van der Waals surface area contributed by atoms with Gasteiger partial charge in [0.1, 0.15) is 0 Å². The first kappa shape index (κ1) is 10.8. The Morgan fingerprint density at radius 2 is 2.00 bits per heavy atom. The molecule has 0 aromatic rings. The fourth-order valence-electron chi connectivity index (χ4n) is 1.35. The maximum absolute atomic E-state index is 12.0. The van der Waals surface area contributed by atoms with E-state index in [4.69, 9.17) is 0 Å². The molecule has 6 heteroatoms. The summed E-state index contributed by atoms with van der Waals surface area (Å²) < 4.78 is 49.5. The lowest BCUT2D eigenvalue weighted by Gasteiger charge is -2.33. The molecule has 1 saturated carbocycles. The zero-order valence-electron chi connectivity index (χ0n) is 7.24. The molecule has 3 nitrogen and oxygen atoms in total. The minimum Gasteiger partial charge on any atom is -0.270 e. The summed E-state index contributed by atoms with van der Waals surface area (Å²) in [6.45, 7) is 0.0437. The van der Waals surface area contributed by atoms with Crippen LogP contribution in [0.4, 0.5) is 8.78 Å². The highest BCUT2D eigenvalue weighted by atomic mass is 32.2. The van der Waals surface area contributed by atoms with Gasteiger partial charge in [0.25, 0.3) is 10.1 Å². The second-order valence-electron chi connectivity index (χ2n) is 3.42. The highest BCUT2D eigenvalue weighted by molar-refractivity contribution is 7.85. The third kappa shape index (κ3) is 3.56. The second-order valence-corrected chi connectivity index (χ2v) is 5.06. The summed E-state index contributed by atoms with van der Waals surface area (Å²) >= 11 is 0. The van der Waals surface area contributed by atoms with Gasteiger partial charge in [-0.2, -0.15) is 8.42 Å². The van der Waals surface area contributed by atoms with Crippen molar-refractivity contribution < 1.29 is 21.4 Å². The van der Waals surface area contributed by atoms with E-state index in [-0.39, 0.29) is 12.5 Å². The van der Waals surface area contributed by atoms with Crippen molar-refractivity contribution in [3.05, 3.63) is 0 Å². The molecule has 1 fully saturated rings. The van der Waals surface area contributed by atoms with E-state index in [1.54, 1.807) is 0 Å². The Hall–Kier alpha value is -0.230. The Morgan fingerprint density at radius 1 is 1.46 bits per heavy atom. The van der Waals surface area contributed by atoms with Crippen LogP contribution >= 0.6 is 0 Å². The largest absolute Gasteiger partial charge is 0.270 e. The van der Waals surface area contributed by atoms with E-state index in [1.165, 1.54) is 0 Å². The van der Waals surface area contributed by atoms with Gasteiger partial charge in [-0.15, -0.1) is 0 Å². The summed E-state index contributed by atoms with van der Waals surface area (Å²) in [5.74, 6) is -0.582. The van der Waals surface area contributed by atoms with Crippen molar-refractivity contribution >= 4 is 10.1 Å². The molecule has 1 rings (SSSR count). The third-order valence-electron chi connectivity index (χ3n) is 2.15. The molecule has 0 aromatic carbocycles. The fraction of sp³-hybridized carbons (Fsp3) is 1.00. The molecule has 1 aliphatic rings. The smallest absolute Gasteiger partial charge is 0.264 e. The number of hydrogen-bond acceptors (Lipinski definition) is 3. The summed E-state index contributed by atoms with van der Waals surface area (Å²) in [4.78, 5) is 0. The molecule has 0 radical (unpaired) electrons. The lowest BCUT2D eigenvalue weighted by molar-refractivity contribution is -0.00964. The molecular weight excluding hydrogens is 202 g/mol. The molecule has 0 atom stereocenters. The highest BCUT2D eigenvalue weighted by Crippen LogP contribution is 2.38. The predicted molar refractivity (Wildman–Crippen MR) is 43.0 cm³/mol. The van der Waals surface area contributed by atoms with E-state index in [0.717, 1.165) is 6.26 Å². The van der Waals surface area contributed by atoms with Gasteiger partial charge in [-0.05, 0) is 18.8 Å². The van der Waals surface area contributed by atoms with Gasteiger partial charge in [0.2, 0.25) is 6.43 Å². The highest BCUT2D eigenvalue weighted by Gasteiger charge is 2.35. The lowest BCUT2D eigenvalue weighted by atomic mass is 9.76. The van der Waals surface area contributed by atoms with Gasteiger partial charge >= 0.3 is 0 Å². The molecule has 0 aliphatic heterocycles. The van der Waals surface area contributed by atoms with E-state index in [1.807, 2.05) is 0 Å². The predicted octanol–water partition coefficient (Wildman–Crippen LogP) is 1.25. The molecule has 0 aromatic heterocycles. The summed E-state index contributed by atoms with van der Waals surface area (Å²) in [6.07, 6.45) is -0.592. The second kappa shape index (κ2) is 3.88. The van der Waals surface area contributed by atoms with E-state index < -0.39 is 22.5 Å². The lowest BCUT2D eigenvalue weighted by Crippen LogP contribution is -2.32. The Kier molecular flexibility index (Phi) is 3.23. The first-order chi connectivity index (χ1) is 5.88.